The largest absolute Gasteiger partial charge is 0.397 e. The highest BCUT2D eigenvalue weighted by atomic mass is 32.1. The highest BCUT2D eigenvalue weighted by Gasteiger charge is 2.24. The molecule has 19 heavy (non-hydrogen) atoms. The van der Waals surface area contributed by atoms with Gasteiger partial charge in [0.2, 0.25) is 0 Å². The van der Waals surface area contributed by atoms with Crippen molar-refractivity contribution in [2.24, 2.45) is 17.4 Å². The van der Waals surface area contributed by atoms with Crippen LogP contribution in [-0.4, -0.2) is 17.9 Å². The third kappa shape index (κ3) is 3.17. The second kappa shape index (κ2) is 5.92. The van der Waals surface area contributed by atoms with Crippen molar-refractivity contribution in [2.75, 3.05) is 11.1 Å². The van der Waals surface area contributed by atoms with Crippen LogP contribution in [0.15, 0.2) is 0 Å². The number of hydrogen-bond donors (Lipinski definition) is 4. The maximum atomic E-state index is 11.5. The third-order valence-electron chi connectivity index (χ3n) is 2.98. The molecular formula is C12H20N4O2S. The average molecular weight is 284 g/mol. The monoisotopic (exact) mass is 284 g/mol. The van der Waals surface area contributed by atoms with Crippen LogP contribution in [0.1, 0.15) is 47.2 Å². The number of thiophene rings is 1. The van der Waals surface area contributed by atoms with Gasteiger partial charge in [-0.2, -0.15) is 0 Å². The van der Waals surface area contributed by atoms with Gasteiger partial charge in [-0.3, -0.25) is 9.59 Å². The Hall–Kier alpha value is -1.76. The second-order valence-corrected chi connectivity index (χ2v) is 5.70. The molecular weight excluding hydrogens is 264 g/mol. The van der Waals surface area contributed by atoms with Gasteiger partial charge in [-0.15, -0.1) is 11.3 Å². The molecule has 7 N–H and O–H groups in total. The number of amides is 2. The molecule has 6 nitrogen and oxygen atoms in total. The maximum absolute atomic E-state index is 11.5. The number of carbonyl (C=O) groups is 2. The summed E-state index contributed by atoms with van der Waals surface area (Å²) in [6.07, 6.45) is 0.875. The van der Waals surface area contributed by atoms with E-state index in [0.717, 1.165) is 17.8 Å². The fourth-order valence-electron chi connectivity index (χ4n) is 1.88. The van der Waals surface area contributed by atoms with Gasteiger partial charge in [-0.1, -0.05) is 20.8 Å². The molecule has 0 bridgehead atoms. The molecule has 1 heterocycles. The van der Waals surface area contributed by atoms with Gasteiger partial charge in [-0.05, 0) is 12.3 Å². The van der Waals surface area contributed by atoms with Crippen molar-refractivity contribution in [1.29, 1.82) is 0 Å². The quantitative estimate of drug-likeness (QED) is 0.629. The molecule has 1 unspecified atom stereocenters. The zero-order valence-corrected chi connectivity index (χ0v) is 12.1. The SMILES string of the molecule is CCC(Nc1sc(C(N)=O)c(N)c1C(N)=O)C(C)C. The van der Waals surface area contributed by atoms with E-state index >= 15 is 0 Å². The molecule has 0 spiro atoms. The van der Waals surface area contributed by atoms with E-state index in [1.54, 1.807) is 0 Å². The summed E-state index contributed by atoms with van der Waals surface area (Å²) < 4.78 is 0. The summed E-state index contributed by atoms with van der Waals surface area (Å²) in [4.78, 5) is 22.9. The number of primary amides is 2. The van der Waals surface area contributed by atoms with Crippen LogP contribution in [0.4, 0.5) is 10.7 Å². The van der Waals surface area contributed by atoms with E-state index in [-0.39, 0.29) is 22.2 Å². The molecule has 0 aromatic carbocycles. The minimum absolute atomic E-state index is 0.0612. The molecule has 0 saturated heterocycles. The van der Waals surface area contributed by atoms with E-state index in [0.29, 0.717) is 10.9 Å². The van der Waals surface area contributed by atoms with Crippen molar-refractivity contribution in [2.45, 2.75) is 33.2 Å². The lowest BCUT2D eigenvalue weighted by atomic mass is 10.0. The molecule has 1 atom stereocenters. The Morgan fingerprint density at radius 2 is 1.84 bits per heavy atom. The van der Waals surface area contributed by atoms with Crippen LogP contribution in [0, 0.1) is 5.92 Å². The van der Waals surface area contributed by atoms with Gasteiger partial charge in [0.25, 0.3) is 11.8 Å². The van der Waals surface area contributed by atoms with Gasteiger partial charge in [0.1, 0.15) is 9.88 Å². The Bertz CT molecular complexity index is 496. The van der Waals surface area contributed by atoms with Gasteiger partial charge in [0.05, 0.1) is 11.3 Å². The molecule has 1 aromatic heterocycles. The van der Waals surface area contributed by atoms with Crippen molar-refractivity contribution in [3.05, 3.63) is 10.4 Å². The molecule has 1 aromatic rings. The molecule has 7 heteroatoms. The van der Waals surface area contributed by atoms with Crippen molar-refractivity contribution in [3.8, 4) is 0 Å². The normalized spacial score (nSPS) is 12.4. The smallest absolute Gasteiger partial charge is 0.260 e. The first-order chi connectivity index (χ1) is 8.79. The fraction of sp³-hybridized carbons (Fsp3) is 0.500. The van der Waals surface area contributed by atoms with Gasteiger partial charge < -0.3 is 22.5 Å². The summed E-state index contributed by atoms with van der Waals surface area (Å²) in [5.74, 6) is -0.955. The third-order valence-corrected chi connectivity index (χ3v) is 4.13. The minimum Gasteiger partial charge on any atom is -0.397 e. The Balaban J connectivity index is 3.23. The highest BCUT2D eigenvalue weighted by Crippen LogP contribution is 2.36. The predicted molar refractivity (Wildman–Crippen MR) is 78.3 cm³/mol. The lowest BCUT2D eigenvalue weighted by molar-refractivity contribution is 0.0999. The van der Waals surface area contributed by atoms with Crippen molar-refractivity contribution < 1.29 is 9.59 Å². The number of nitrogen functional groups attached to an aromatic ring is 1. The molecule has 106 valence electrons. The number of carbonyl (C=O) groups excluding carboxylic acids is 2. The first-order valence-corrected chi connectivity index (χ1v) is 6.89. The summed E-state index contributed by atoms with van der Waals surface area (Å²) >= 11 is 1.07. The van der Waals surface area contributed by atoms with Crippen LogP contribution < -0.4 is 22.5 Å². The molecule has 0 aliphatic carbocycles. The first kappa shape index (κ1) is 15.3. The lowest BCUT2D eigenvalue weighted by Crippen LogP contribution is -2.25. The fourth-order valence-corrected chi connectivity index (χ4v) is 2.92. The molecule has 1 rings (SSSR count). The Morgan fingerprint density at radius 1 is 1.26 bits per heavy atom. The Morgan fingerprint density at radius 3 is 2.21 bits per heavy atom. The summed E-state index contributed by atoms with van der Waals surface area (Å²) in [6, 6.07) is 0.164. The van der Waals surface area contributed by atoms with Crippen molar-refractivity contribution in [3.63, 3.8) is 0 Å². The van der Waals surface area contributed by atoms with E-state index in [1.165, 1.54) is 0 Å². The number of anilines is 2. The van der Waals surface area contributed by atoms with Crippen LogP contribution in [0.5, 0.6) is 0 Å². The molecule has 2 amide bonds. The second-order valence-electron chi connectivity index (χ2n) is 4.68. The highest BCUT2D eigenvalue weighted by molar-refractivity contribution is 7.19. The van der Waals surface area contributed by atoms with E-state index in [2.05, 4.69) is 19.2 Å². The topological polar surface area (TPSA) is 124 Å². The van der Waals surface area contributed by atoms with Gasteiger partial charge >= 0.3 is 0 Å². The zero-order valence-electron chi connectivity index (χ0n) is 11.3. The van der Waals surface area contributed by atoms with Crippen LogP contribution in [0.2, 0.25) is 0 Å². The van der Waals surface area contributed by atoms with E-state index in [9.17, 15) is 9.59 Å². The molecule has 0 aliphatic rings. The van der Waals surface area contributed by atoms with Crippen LogP contribution in [0.25, 0.3) is 0 Å². The number of nitrogens with one attached hydrogen (secondary N) is 1. The molecule has 0 fully saturated rings. The van der Waals surface area contributed by atoms with Crippen molar-refractivity contribution >= 4 is 33.8 Å². The number of rotatable bonds is 6. The Labute approximate surface area is 116 Å². The summed E-state index contributed by atoms with van der Waals surface area (Å²) in [6.45, 7) is 6.17. The number of hydrogen-bond acceptors (Lipinski definition) is 5. The molecule has 0 aliphatic heterocycles. The van der Waals surface area contributed by atoms with Gasteiger partial charge in [0, 0.05) is 6.04 Å². The number of nitrogens with two attached hydrogens (primary N) is 3. The molecule has 0 saturated carbocycles. The summed E-state index contributed by atoms with van der Waals surface area (Å²) in [5.41, 5.74) is 16.5. The van der Waals surface area contributed by atoms with Gasteiger partial charge in [0.15, 0.2) is 0 Å². The lowest BCUT2D eigenvalue weighted by Gasteiger charge is -2.21. The average Bonchev–Trinajstić information content (AvgIpc) is 2.62. The van der Waals surface area contributed by atoms with Gasteiger partial charge in [-0.25, -0.2) is 0 Å². The van der Waals surface area contributed by atoms with E-state index in [4.69, 9.17) is 17.2 Å². The van der Waals surface area contributed by atoms with Crippen LogP contribution >= 0.6 is 11.3 Å². The predicted octanol–water partition coefficient (Wildman–Crippen LogP) is 1.37. The minimum atomic E-state index is -0.664. The van der Waals surface area contributed by atoms with Crippen LogP contribution in [-0.2, 0) is 0 Å². The molecule has 0 radical (unpaired) electrons. The standard InChI is InChI=1S/C12H20N4O2S/c1-4-6(5(2)3)16-12-7(10(14)17)8(13)9(19-12)11(15)18/h5-6,16H,4,13H2,1-3H3,(H2,14,17)(H2,15,18). The van der Waals surface area contributed by atoms with Crippen LogP contribution in [0.3, 0.4) is 0 Å². The Kier molecular flexibility index (Phi) is 4.77. The summed E-state index contributed by atoms with van der Waals surface area (Å²) in [7, 11) is 0. The maximum Gasteiger partial charge on any atom is 0.260 e. The van der Waals surface area contributed by atoms with Crippen molar-refractivity contribution in [1.82, 2.24) is 0 Å². The van der Waals surface area contributed by atoms with E-state index in [1.807, 2.05) is 6.92 Å². The van der Waals surface area contributed by atoms with E-state index < -0.39 is 11.8 Å². The first-order valence-electron chi connectivity index (χ1n) is 6.07. The summed E-state index contributed by atoms with van der Waals surface area (Å²) in [5, 5.41) is 3.74. The zero-order chi connectivity index (χ0) is 14.7.